The first-order chi connectivity index (χ1) is 9.48. The Morgan fingerprint density at radius 2 is 2.10 bits per heavy atom. The summed E-state index contributed by atoms with van der Waals surface area (Å²) in [7, 11) is -3.78. The predicted octanol–water partition coefficient (Wildman–Crippen LogP) is 2.10. The average Bonchev–Trinajstić information content (AvgIpc) is 2.37. The van der Waals surface area contributed by atoms with Crippen LogP contribution in [0.1, 0.15) is 31.7 Å². The molecule has 0 radical (unpaired) electrons. The summed E-state index contributed by atoms with van der Waals surface area (Å²) in [5, 5.41) is 0. The number of nitrogens with two attached hydrogens (primary N) is 1. The second kappa shape index (κ2) is 6.20. The van der Waals surface area contributed by atoms with E-state index < -0.39 is 15.8 Å². The molecule has 1 saturated carbocycles. The number of nitrogens with zero attached hydrogens (tertiary/aromatic N) is 1. The third-order valence-electron chi connectivity index (χ3n) is 3.89. The summed E-state index contributed by atoms with van der Waals surface area (Å²) in [6, 6.07) is 4.02. The Bertz CT molecular complexity index is 571. The zero-order chi connectivity index (χ0) is 14.8. The molecule has 0 bridgehead atoms. The van der Waals surface area contributed by atoms with Crippen LogP contribution in [0.15, 0.2) is 23.1 Å². The maximum atomic E-state index is 13.9. The predicted molar refractivity (Wildman–Crippen MR) is 76.1 cm³/mol. The van der Waals surface area contributed by atoms with Crippen molar-refractivity contribution < 1.29 is 12.8 Å². The number of hydrogen-bond acceptors (Lipinski definition) is 3. The van der Waals surface area contributed by atoms with Gasteiger partial charge in [-0.05, 0) is 36.5 Å². The van der Waals surface area contributed by atoms with Gasteiger partial charge in [-0.1, -0.05) is 19.4 Å². The van der Waals surface area contributed by atoms with Gasteiger partial charge in [0, 0.05) is 19.6 Å². The molecule has 1 fully saturated rings. The summed E-state index contributed by atoms with van der Waals surface area (Å²) >= 11 is 0. The lowest BCUT2D eigenvalue weighted by Gasteiger charge is -2.31. The molecular formula is C14H21FN2O2S. The van der Waals surface area contributed by atoms with Crippen LogP contribution in [-0.4, -0.2) is 25.8 Å². The molecule has 4 nitrogen and oxygen atoms in total. The van der Waals surface area contributed by atoms with Crippen molar-refractivity contribution in [3.05, 3.63) is 29.6 Å². The molecule has 1 aromatic carbocycles. The van der Waals surface area contributed by atoms with Gasteiger partial charge >= 0.3 is 0 Å². The van der Waals surface area contributed by atoms with Crippen LogP contribution >= 0.6 is 0 Å². The van der Waals surface area contributed by atoms with Crippen LogP contribution in [0, 0.1) is 11.7 Å². The highest BCUT2D eigenvalue weighted by Gasteiger charge is 2.30. The normalized spacial score (nSPS) is 16.4. The fourth-order valence-corrected chi connectivity index (χ4v) is 4.01. The molecule has 0 amide bonds. The highest BCUT2D eigenvalue weighted by molar-refractivity contribution is 7.89. The molecule has 0 aliphatic heterocycles. The second-order valence-corrected chi connectivity index (χ2v) is 7.13. The Hall–Kier alpha value is -0.980. The molecule has 0 heterocycles. The van der Waals surface area contributed by atoms with Crippen molar-refractivity contribution in [2.45, 2.75) is 37.6 Å². The van der Waals surface area contributed by atoms with Crippen molar-refractivity contribution in [2.75, 3.05) is 13.1 Å². The third-order valence-corrected chi connectivity index (χ3v) is 5.84. The molecule has 112 valence electrons. The lowest BCUT2D eigenvalue weighted by atomic mass is 9.85. The third kappa shape index (κ3) is 3.02. The van der Waals surface area contributed by atoms with Crippen LogP contribution in [0.25, 0.3) is 0 Å². The molecule has 1 aliphatic rings. The van der Waals surface area contributed by atoms with Gasteiger partial charge in [0.25, 0.3) is 0 Å². The number of sulfonamides is 1. The van der Waals surface area contributed by atoms with Gasteiger partial charge in [0.2, 0.25) is 10.0 Å². The quantitative estimate of drug-likeness (QED) is 0.875. The highest BCUT2D eigenvalue weighted by atomic mass is 32.2. The van der Waals surface area contributed by atoms with Crippen LogP contribution in [0.2, 0.25) is 0 Å². The van der Waals surface area contributed by atoms with Crippen molar-refractivity contribution >= 4 is 10.0 Å². The van der Waals surface area contributed by atoms with E-state index in [1.165, 1.54) is 22.5 Å². The smallest absolute Gasteiger partial charge is 0.245 e. The monoisotopic (exact) mass is 300 g/mol. The minimum Gasteiger partial charge on any atom is -0.326 e. The fourth-order valence-electron chi connectivity index (χ4n) is 2.37. The van der Waals surface area contributed by atoms with E-state index in [2.05, 4.69) is 0 Å². The molecule has 1 aromatic rings. The lowest BCUT2D eigenvalue weighted by molar-refractivity contribution is 0.249. The number of halogens is 1. The van der Waals surface area contributed by atoms with Crippen LogP contribution in [-0.2, 0) is 16.6 Å². The number of benzene rings is 1. The molecule has 20 heavy (non-hydrogen) atoms. The van der Waals surface area contributed by atoms with Gasteiger partial charge in [0.1, 0.15) is 10.7 Å². The van der Waals surface area contributed by atoms with Gasteiger partial charge in [0.15, 0.2) is 0 Å². The summed E-state index contributed by atoms with van der Waals surface area (Å²) < 4.78 is 40.4. The molecular weight excluding hydrogens is 279 g/mol. The van der Waals surface area contributed by atoms with Gasteiger partial charge in [-0.2, -0.15) is 4.31 Å². The van der Waals surface area contributed by atoms with E-state index in [1.54, 1.807) is 6.92 Å². The topological polar surface area (TPSA) is 63.4 Å². The molecule has 2 N–H and O–H groups in total. The van der Waals surface area contributed by atoms with Crippen molar-refractivity contribution in [1.82, 2.24) is 4.31 Å². The van der Waals surface area contributed by atoms with Crippen LogP contribution in [0.4, 0.5) is 4.39 Å². The Morgan fingerprint density at radius 1 is 1.40 bits per heavy atom. The minimum absolute atomic E-state index is 0.192. The summed E-state index contributed by atoms with van der Waals surface area (Å²) in [6.07, 6.45) is 3.26. The lowest BCUT2D eigenvalue weighted by Crippen LogP contribution is -2.37. The second-order valence-electron chi connectivity index (χ2n) is 5.22. The Balaban J connectivity index is 2.31. The Labute approximate surface area is 119 Å². The minimum atomic E-state index is -3.78. The Morgan fingerprint density at radius 3 is 2.60 bits per heavy atom. The zero-order valence-electron chi connectivity index (χ0n) is 11.7. The van der Waals surface area contributed by atoms with E-state index in [0.29, 0.717) is 24.6 Å². The summed E-state index contributed by atoms with van der Waals surface area (Å²) in [6.45, 7) is 2.80. The van der Waals surface area contributed by atoms with Crippen LogP contribution in [0.3, 0.4) is 0 Å². The first-order valence-corrected chi connectivity index (χ1v) is 8.41. The van der Waals surface area contributed by atoms with Gasteiger partial charge < -0.3 is 5.73 Å². The summed E-state index contributed by atoms with van der Waals surface area (Å²) in [5.41, 5.74) is 6.12. The largest absolute Gasteiger partial charge is 0.326 e. The summed E-state index contributed by atoms with van der Waals surface area (Å²) in [4.78, 5) is -0.262. The maximum Gasteiger partial charge on any atom is 0.245 e. The number of hydrogen-bond donors (Lipinski definition) is 1. The van der Waals surface area contributed by atoms with E-state index in [0.717, 1.165) is 19.3 Å². The Kier molecular flexibility index (Phi) is 4.78. The first-order valence-electron chi connectivity index (χ1n) is 6.97. The van der Waals surface area contributed by atoms with Gasteiger partial charge in [-0.25, -0.2) is 12.8 Å². The van der Waals surface area contributed by atoms with Gasteiger partial charge in [0.05, 0.1) is 0 Å². The van der Waals surface area contributed by atoms with E-state index in [-0.39, 0.29) is 11.4 Å². The van der Waals surface area contributed by atoms with Gasteiger partial charge in [-0.15, -0.1) is 0 Å². The standard InChI is InChI=1S/C14H21FN2O2S/c1-2-17(10-11-4-3-5-11)20(18,19)14-8-12(9-16)6-7-13(14)15/h6-8,11H,2-5,9-10,16H2,1H3. The molecule has 1 aliphatic carbocycles. The molecule has 2 rings (SSSR count). The van der Waals surface area contributed by atoms with Crippen molar-refractivity contribution in [3.8, 4) is 0 Å². The van der Waals surface area contributed by atoms with Crippen molar-refractivity contribution in [1.29, 1.82) is 0 Å². The fraction of sp³-hybridized carbons (Fsp3) is 0.571. The average molecular weight is 300 g/mol. The molecule has 0 unspecified atom stereocenters. The van der Waals surface area contributed by atoms with E-state index in [4.69, 9.17) is 5.73 Å². The van der Waals surface area contributed by atoms with Crippen molar-refractivity contribution in [2.24, 2.45) is 11.7 Å². The molecule has 0 saturated heterocycles. The van der Waals surface area contributed by atoms with E-state index in [1.807, 2.05) is 0 Å². The maximum absolute atomic E-state index is 13.9. The van der Waals surface area contributed by atoms with E-state index >= 15 is 0 Å². The van der Waals surface area contributed by atoms with E-state index in [9.17, 15) is 12.8 Å². The van der Waals surface area contributed by atoms with Crippen molar-refractivity contribution in [3.63, 3.8) is 0 Å². The molecule has 6 heteroatoms. The molecule has 0 aromatic heterocycles. The first kappa shape index (κ1) is 15.4. The van der Waals surface area contributed by atoms with Gasteiger partial charge in [-0.3, -0.25) is 0 Å². The highest BCUT2D eigenvalue weighted by Crippen LogP contribution is 2.29. The van der Waals surface area contributed by atoms with Crippen LogP contribution in [0.5, 0.6) is 0 Å². The molecule has 0 spiro atoms. The summed E-state index contributed by atoms with van der Waals surface area (Å²) in [5.74, 6) is -0.306. The van der Waals surface area contributed by atoms with Crippen LogP contribution < -0.4 is 5.73 Å². The SMILES string of the molecule is CCN(CC1CCC1)S(=O)(=O)c1cc(CN)ccc1F. The molecule has 0 atom stereocenters. The zero-order valence-corrected chi connectivity index (χ0v) is 12.5. The number of rotatable bonds is 6.